The molecule has 0 aliphatic carbocycles. The number of nitrogen functional groups attached to an aromatic ring is 1. The molecule has 0 spiro atoms. The smallest absolute Gasteiger partial charge is 0.341 e. The molecule has 0 fully saturated rings. The van der Waals surface area contributed by atoms with E-state index in [9.17, 15) is 4.79 Å². The molecule has 0 saturated carbocycles. The molecule has 0 atom stereocenters. The molecular weight excluding hydrogens is 262 g/mol. The fraction of sp³-hybridized carbons (Fsp3) is 0.111. The minimum absolute atomic E-state index is 0.363. The molecule has 2 aromatic rings. The van der Waals surface area contributed by atoms with Crippen molar-refractivity contribution in [2.45, 2.75) is 0 Å². The summed E-state index contributed by atoms with van der Waals surface area (Å²) in [4.78, 5) is 11.4. The second-order valence-electron chi connectivity index (χ2n) is 2.96. The zero-order valence-corrected chi connectivity index (χ0v) is 9.48. The van der Waals surface area contributed by atoms with Crippen molar-refractivity contribution < 1.29 is 9.53 Å². The highest BCUT2D eigenvalue weighted by molar-refractivity contribution is 9.10. The lowest BCUT2D eigenvalue weighted by atomic mass is 10.2. The fourth-order valence-electron chi connectivity index (χ4n) is 1.38. The summed E-state index contributed by atoms with van der Waals surface area (Å²) in [6.45, 7) is 0. The van der Waals surface area contributed by atoms with Crippen LogP contribution in [0.3, 0.4) is 0 Å². The SMILES string of the molecule is COC(=O)c1cnn2cc(Br)cc(N)c12. The molecule has 2 heterocycles. The normalized spacial score (nSPS) is 10.5. The van der Waals surface area contributed by atoms with Gasteiger partial charge in [0.15, 0.2) is 0 Å². The third kappa shape index (κ3) is 1.56. The number of pyridine rings is 1. The van der Waals surface area contributed by atoms with Crippen LogP contribution in [-0.4, -0.2) is 22.7 Å². The molecule has 0 amide bonds. The first kappa shape index (κ1) is 9.97. The van der Waals surface area contributed by atoms with Crippen molar-refractivity contribution in [1.29, 1.82) is 0 Å². The van der Waals surface area contributed by atoms with Crippen LogP contribution < -0.4 is 5.73 Å². The van der Waals surface area contributed by atoms with Gasteiger partial charge in [0.1, 0.15) is 11.1 Å². The molecule has 6 heteroatoms. The monoisotopic (exact) mass is 269 g/mol. The van der Waals surface area contributed by atoms with Crippen molar-refractivity contribution in [1.82, 2.24) is 9.61 Å². The number of carbonyl (C=O) groups excluding carboxylic acids is 1. The van der Waals surface area contributed by atoms with Crippen molar-refractivity contribution in [3.63, 3.8) is 0 Å². The highest BCUT2D eigenvalue weighted by Gasteiger charge is 2.15. The minimum Gasteiger partial charge on any atom is -0.465 e. The topological polar surface area (TPSA) is 69.6 Å². The average Bonchev–Trinajstić information content (AvgIpc) is 2.60. The van der Waals surface area contributed by atoms with Crippen LogP contribution in [0.2, 0.25) is 0 Å². The van der Waals surface area contributed by atoms with Gasteiger partial charge in [-0.2, -0.15) is 5.10 Å². The van der Waals surface area contributed by atoms with Crippen LogP contribution in [0.5, 0.6) is 0 Å². The van der Waals surface area contributed by atoms with E-state index in [4.69, 9.17) is 5.73 Å². The summed E-state index contributed by atoms with van der Waals surface area (Å²) in [5.74, 6) is -0.445. The van der Waals surface area contributed by atoms with Gasteiger partial charge in [-0.05, 0) is 22.0 Å². The van der Waals surface area contributed by atoms with Crippen molar-refractivity contribution >= 4 is 33.1 Å². The number of rotatable bonds is 1. The van der Waals surface area contributed by atoms with Crippen molar-refractivity contribution in [2.75, 3.05) is 12.8 Å². The third-order valence-electron chi connectivity index (χ3n) is 2.01. The molecule has 2 N–H and O–H groups in total. The molecule has 0 aliphatic rings. The number of halogens is 1. The van der Waals surface area contributed by atoms with Gasteiger partial charge in [-0.25, -0.2) is 9.31 Å². The number of hydrogen-bond donors (Lipinski definition) is 1. The Morgan fingerprint density at radius 3 is 3.07 bits per heavy atom. The van der Waals surface area contributed by atoms with E-state index in [2.05, 4.69) is 25.8 Å². The number of nitrogens with zero attached hydrogens (tertiary/aromatic N) is 2. The number of carbonyl (C=O) groups is 1. The molecular formula is C9H8BrN3O2. The number of esters is 1. The molecule has 0 radical (unpaired) electrons. The van der Waals surface area contributed by atoms with Crippen LogP contribution in [0, 0.1) is 0 Å². The Hall–Kier alpha value is -1.56. The lowest BCUT2D eigenvalue weighted by Gasteiger charge is -2.01. The molecule has 2 rings (SSSR count). The van der Waals surface area contributed by atoms with Crippen LogP contribution in [0.25, 0.3) is 5.52 Å². The number of methoxy groups -OCH3 is 1. The fourth-order valence-corrected chi connectivity index (χ4v) is 1.82. The zero-order valence-electron chi connectivity index (χ0n) is 7.90. The number of fused-ring (bicyclic) bond motifs is 1. The molecule has 15 heavy (non-hydrogen) atoms. The van der Waals surface area contributed by atoms with Gasteiger partial charge in [-0.1, -0.05) is 0 Å². The van der Waals surface area contributed by atoms with E-state index in [1.165, 1.54) is 17.8 Å². The standard InChI is InChI=1S/C9H8BrN3O2/c1-15-9(14)6-3-12-13-4-5(10)2-7(11)8(6)13/h2-4H,11H2,1H3. The summed E-state index contributed by atoms with van der Waals surface area (Å²) in [5, 5.41) is 4.02. The summed E-state index contributed by atoms with van der Waals surface area (Å²) in [7, 11) is 1.32. The highest BCUT2D eigenvalue weighted by atomic mass is 79.9. The molecule has 5 nitrogen and oxygen atoms in total. The van der Waals surface area contributed by atoms with Crippen LogP contribution in [-0.2, 0) is 4.74 Å². The van der Waals surface area contributed by atoms with Gasteiger partial charge >= 0.3 is 5.97 Å². The number of ether oxygens (including phenoxy) is 1. The summed E-state index contributed by atoms with van der Waals surface area (Å²) >= 11 is 3.29. The Morgan fingerprint density at radius 2 is 2.40 bits per heavy atom. The van der Waals surface area contributed by atoms with Crippen LogP contribution in [0.15, 0.2) is 22.9 Å². The summed E-state index contributed by atoms with van der Waals surface area (Å²) in [5.41, 5.74) is 7.19. The summed E-state index contributed by atoms with van der Waals surface area (Å²) < 4.78 is 6.96. The van der Waals surface area contributed by atoms with E-state index in [1.54, 1.807) is 12.3 Å². The van der Waals surface area contributed by atoms with Gasteiger partial charge in [-0.3, -0.25) is 0 Å². The Balaban J connectivity index is 2.74. The van der Waals surface area contributed by atoms with Crippen molar-refractivity contribution in [3.05, 3.63) is 28.5 Å². The Bertz CT molecular complexity index is 535. The summed E-state index contributed by atoms with van der Waals surface area (Å²) in [6.07, 6.45) is 3.15. The molecule has 2 aromatic heterocycles. The second kappa shape index (κ2) is 3.54. The predicted molar refractivity (Wildman–Crippen MR) is 58.6 cm³/mol. The molecule has 0 saturated heterocycles. The molecule has 78 valence electrons. The molecule has 0 aromatic carbocycles. The van der Waals surface area contributed by atoms with Crippen molar-refractivity contribution in [2.24, 2.45) is 0 Å². The van der Waals surface area contributed by atoms with Crippen LogP contribution in [0.4, 0.5) is 5.69 Å². The van der Waals surface area contributed by atoms with Gasteiger partial charge < -0.3 is 10.5 Å². The number of nitrogens with two attached hydrogens (primary N) is 1. The van der Waals surface area contributed by atoms with Gasteiger partial charge in [0.25, 0.3) is 0 Å². The number of anilines is 1. The van der Waals surface area contributed by atoms with E-state index in [0.29, 0.717) is 16.8 Å². The number of aromatic nitrogens is 2. The third-order valence-corrected chi connectivity index (χ3v) is 2.45. The van der Waals surface area contributed by atoms with Crippen LogP contribution >= 0.6 is 15.9 Å². The lowest BCUT2D eigenvalue weighted by molar-refractivity contribution is 0.0603. The van der Waals surface area contributed by atoms with E-state index in [0.717, 1.165) is 4.47 Å². The first-order chi connectivity index (χ1) is 7.13. The van der Waals surface area contributed by atoms with E-state index < -0.39 is 5.97 Å². The molecule has 0 bridgehead atoms. The maximum Gasteiger partial charge on any atom is 0.341 e. The Morgan fingerprint density at radius 1 is 1.67 bits per heavy atom. The first-order valence-corrected chi connectivity index (χ1v) is 4.93. The van der Waals surface area contributed by atoms with E-state index in [-0.39, 0.29) is 0 Å². The largest absolute Gasteiger partial charge is 0.465 e. The predicted octanol–water partition coefficient (Wildman–Crippen LogP) is 1.47. The summed E-state index contributed by atoms with van der Waals surface area (Å²) in [6, 6.07) is 1.71. The van der Waals surface area contributed by atoms with Gasteiger partial charge in [0, 0.05) is 10.7 Å². The van der Waals surface area contributed by atoms with E-state index in [1.807, 2.05) is 0 Å². The highest BCUT2D eigenvalue weighted by Crippen LogP contribution is 2.22. The van der Waals surface area contributed by atoms with Gasteiger partial charge in [0.2, 0.25) is 0 Å². The molecule has 0 unspecified atom stereocenters. The Kier molecular flexibility index (Phi) is 2.36. The van der Waals surface area contributed by atoms with Gasteiger partial charge in [0.05, 0.1) is 19.0 Å². The maximum absolute atomic E-state index is 11.4. The van der Waals surface area contributed by atoms with E-state index >= 15 is 0 Å². The second-order valence-corrected chi connectivity index (χ2v) is 3.87. The van der Waals surface area contributed by atoms with Crippen LogP contribution in [0.1, 0.15) is 10.4 Å². The quantitative estimate of drug-likeness (QED) is 0.796. The van der Waals surface area contributed by atoms with Crippen molar-refractivity contribution in [3.8, 4) is 0 Å². The lowest BCUT2D eigenvalue weighted by Crippen LogP contribution is -2.02. The first-order valence-electron chi connectivity index (χ1n) is 4.14. The minimum atomic E-state index is -0.445. The zero-order chi connectivity index (χ0) is 11.0. The average molecular weight is 270 g/mol. The Labute approximate surface area is 94.0 Å². The maximum atomic E-state index is 11.4. The number of hydrogen-bond acceptors (Lipinski definition) is 4. The molecule has 0 aliphatic heterocycles. The van der Waals surface area contributed by atoms with Gasteiger partial charge in [-0.15, -0.1) is 0 Å².